The molecule has 1 saturated carbocycles. The molecule has 4 heterocycles. The highest BCUT2D eigenvalue weighted by atomic mass is 32.1. The van der Waals surface area contributed by atoms with Crippen molar-refractivity contribution in [2.24, 2.45) is 5.92 Å². The number of aliphatic hydroxyl groups is 1. The number of fused-ring (bicyclic) bond motifs is 2. The Hall–Kier alpha value is -3.30. The Morgan fingerprint density at radius 3 is 2.91 bits per heavy atom. The number of nitrogens with one attached hydrogen (secondary N) is 1. The number of aromatic nitrogens is 6. The standard InChI is InChI=1S/C24H25N7OS/c32-20-3-1-2-17(11-20)14-26-24-29-21-5-4-16(12-22(21)33-24)10-19-15-25-23-13-18(6-9-30(19)23)31-27-7-8-28-31/h4-9,12-13,15,17,20,32H,1-3,10-11,14H2,(H,26,29)/t17?,20-/m1/s1. The summed E-state index contributed by atoms with van der Waals surface area (Å²) in [5, 5.41) is 22.7. The van der Waals surface area contributed by atoms with E-state index in [1.54, 1.807) is 28.5 Å². The molecule has 0 aliphatic heterocycles. The number of benzene rings is 1. The Kier molecular flexibility index (Phi) is 5.27. The monoisotopic (exact) mass is 459 g/mol. The summed E-state index contributed by atoms with van der Waals surface area (Å²) < 4.78 is 3.29. The van der Waals surface area contributed by atoms with E-state index in [4.69, 9.17) is 4.98 Å². The first kappa shape index (κ1) is 20.3. The lowest BCUT2D eigenvalue weighted by Crippen LogP contribution is -2.24. The first-order valence-corrected chi connectivity index (χ1v) is 12.2. The Bertz CT molecular complexity index is 1390. The van der Waals surface area contributed by atoms with E-state index in [1.807, 2.05) is 24.5 Å². The molecule has 1 aromatic carbocycles. The summed E-state index contributed by atoms with van der Waals surface area (Å²) in [6, 6.07) is 10.4. The van der Waals surface area contributed by atoms with Crippen molar-refractivity contribution in [3.8, 4) is 5.69 Å². The van der Waals surface area contributed by atoms with Gasteiger partial charge in [0.25, 0.3) is 0 Å². The summed E-state index contributed by atoms with van der Waals surface area (Å²) in [4.78, 5) is 10.9. The largest absolute Gasteiger partial charge is 0.393 e. The smallest absolute Gasteiger partial charge is 0.183 e. The first-order chi connectivity index (χ1) is 16.2. The van der Waals surface area contributed by atoms with Crippen molar-refractivity contribution in [1.82, 2.24) is 29.4 Å². The molecular formula is C24H25N7OS. The molecule has 0 bridgehead atoms. The van der Waals surface area contributed by atoms with E-state index in [0.29, 0.717) is 5.92 Å². The fraction of sp³-hybridized carbons (Fsp3) is 0.333. The molecular weight excluding hydrogens is 434 g/mol. The number of pyridine rings is 1. The van der Waals surface area contributed by atoms with Crippen LogP contribution in [0.1, 0.15) is 36.9 Å². The molecule has 168 valence electrons. The predicted molar refractivity (Wildman–Crippen MR) is 129 cm³/mol. The van der Waals surface area contributed by atoms with Crippen molar-refractivity contribution in [2.75, 3.05) is 11.9 Å². The highest BCUT2D eigenvalue weighted by Crippen LogP contribution is 2.29. The number of hydrogen-bond acceptors (Lipinski definition) is 7. The molecule has 0 spiro atoms. The summed E-state index contributed by atoms with van der Waals surface area (Å²) in [7, 11) is 0. The summed E-state index contributed by atoms with van der Waals surface area (Å²) in [5.41, 5.74) is 5.14. The maximum atomic E-state index is 9.90. The van der Waals surface area contributed by atoms with Crippen LogP contribution in [0.5, 0.6) is 0 Å². The number of anilines is 1. The van der Waals surface area contributed by atoms with Gasteiger partial charge in [-0.05, 0) is 48.9 Å². The zero-order valence-corrected chi connectivity index (χ0v) is 18.9. The Labute approximate surface area is 194 Å². The predicted octanol–water partition coefficient (Wildman–Crippen LogP) is 4.08. The minimum atomic E-state index is -0.142. The molecule has 0 radical (unpaired) electrons. The van der Waals surface area contributed by atoms with E-state index in [-0.39, 0.29) is 6.10 Å². The van der Waals surface area contributed by atoms with Gasteiger partial charge in [0, 0.05) is 37.1 Å². The molecule has 1 fully saturated rings. The summed E-state index contributed by atoms with van der Waals surface area (Å²) in [6.45, 7) is 0.877. The van der Waals surface area contributed by atoms with Crippen molar-refractivity contribution in [3.05, 3.63) is 66.4 Å². The number of nitrogens with zero attached hydrogens (tertiary/aromatic N) is 6. The lowest BCUT2D eigenvalue weighted by molar-refractivity contribution is 0.105. The van der Waals surface area contributed by atoms with Crippen molar-refractivity contribution < 1.29 is 5.11 Å². The second-order valence-electron chi connectivity index (χ2n) is 8.75. The third kappa shape index (κ3) is 4.21. The summed E-state index contributed by atoms with van der Waals surface area (Å²) >= 11 is 1.69. The molecule has 5 aromatic rings. The lowest BCUT2D eigenvalue weighted by Gasteiger charge is -2.25. The van der Waals surface area contributed by atoms with Crippen LogP contribution < -0.4 is 5.32 Å². The number of thiazole rings is 1. The van der Waals surface area contributed by atoms with Crippen LogP contribution in [0.2, 0.25) is 0 Å². The third-order valence-corrected chi connectivity index (χ3v) is 7.33. The molecule has 1 aliphatic carbocycles. The third-order valence-electron chi connectivity index (χ3n) is 6.36. The summed E-state index contributed by atoms with van der Waals surface area (Å²) in [6.07, 6.45) is 12.0. The Balaban J connectivity index is 1.18. The second kappa shape index (κ2) is 8.57. The molecule has 1 unspecified atom stereocenters. The van der Waals surface area contributed by atoms with Crippen LogP contribution in [0.25, 0.3) is 21.6 Å². The van der Waals surface area contributed by atoms with Crippen molar-refractivity contribution in [2.45, 2.75) is 38.2 Å². The number of rotatable bonds is 6. The molecule has 6 rings (SSSR count). The van der Waals surface area contributed by atoms with Gasteiger partial charge < -0.3 is 14.8 Å². The zero-order chi connectivity index (χ0) is 22.2. The van der Waals surface area contributed by atoms with Gasteiger partial charge in [0.2, 0.25) is 0 Å². The Morgan fingerprint density at radius 1 is 1.12 bits per heavy atom. The number of imidazole rings is 1. The topological polar surface area (TPSA) is 93.2 Å². The van der Waals surface area contributed by atoms with E-state index in [9.17, 15) is 5.11 Å². The van der Waals surface area contributed by atoms with Crippen LogP contribution in [0.3, 0.4) is 0 Å². The molecule has 2 atom stereocenters. The molecule has 9 heteroatoms. The minimum Gasteiger partial charge on any atom is -0.393 e. The first-order valence-electron chi connectivity index (χ1n) is 11.4. The number of aliphatic hydroxyl groups excluding tert-OH is 1. The van der Waals surface area contributed by atoms with E-state index in [1.165, 1.54) is 16.7 Å². The van der Waals surface area contributed by atoms with Gasteiger partial charge in [0.15, 0.2) is 5.13 Å². The Morgan fingerprint density at radius 2 is 2.03 bits per heavy atom. The SMILES string of the molecule is O[C@@H]1CCCC(CNc2nc3ccc(Cc4cnc5cc(-n6nccn6)ccn45)cc3s2)C1. The number of hydrogen-bond donors (Lipinski definition) is 2. The van der Waals surface area contributed by atoms with E-state index < -0.39 is 0 Å². The van der Waals surface area contributed by atoms with Gasteiger partial charge in [0.1, 0.15) is 5.65 Å². The van der Waals surface area contributed by atoms with Gasteiger partial charge in [-0.1, -0.05) is 23.8 Å². The van der Waals surface area contributed by atoms with Crippen LogP contribution in [0.15, 0.2) is 55.1 Å². The fourth-order valence-electron chi connectivity index (χ4n) is 4.67. The van der Waals surface area contributed by atoms with Crippen molar-refractivity contribution >= 4 is 32.3 Å². The highest BCUT2D eigenvalue weighted by molar-refractivity contribution is 7.22. The molecule has 0 amide bonds. The zero-order valence-electron chi connectivity index (χ0n) is 18.1. The second-order valence-corrected chi connectivity index (χ2v) is 9.78. The quantitative estimate of drug-likeness (QED) is 0.397. The van der Waals surface area contributed by atoms with Crippen LogP contribution in [0, 0.1) is 5.92 Å². The van der Waals surface area contributed by atoms with Gasteiger partial charge in [0.05, 0.1) is 34.4 Å². The average Bonchev–Trinajstić information content (AvgIpc) is 3.57. The molecule has 2 N–H and O–H groups in total. The normalized spacial score (nSPS) is 18.8. The van der Waals surface area contributed by atoms with Crippen molar-refractivity contribution in [1.29, 1.82) is 0 Å². The van der Waals surface area contributed by atoms with E-state index in [2.05, 4.69) is 43.1 Å². The van der Waals surface area contributed by atoms with Gasteiger partial charge in [-0.25, -0.2) is 9.97 Å². The van der Waals surface area contributed by atoms with Crippen LogP contribution >= 0.6 is 11.3 Å². The fourth-order valence-corrected chi connectivity index (χ4v) is 5.61. The maximum absolute atomic E-state index is 9.90. The van der Waals surface area contributed by atoms with Gasteiger partial charge in [-0.3, -0.25) is 0 Å². The van der Waals surface area contributed by atoms with Gasteiger partial charge >= 0.3 is 0 Å². The van der Waals surface area contributed by atoms with Crippen LogP contribution in [0.4, 0.5) is 5.13 Å². The summed E-state index contributed by atoms with van der Waals surface area (Å²) in [5.74, 6) is 0.524. The molecule has 33 heavy (non-hydrogen) atoms. The molecule has 4 aromatic heterocycles. The average molecular weight is 460 g/mol. The van der Waals surface area contributed by atoms with Crippen molar-refractivity contribution in [3.63, 3.8) is 0 Å². The van der Waals surface area contributed by atoms with Gasteiger partial charge in [-0.15, -0.1) is 0 Å². The lowest BCUT2D eigenvalue weighted by atomic mass is 9.87. The van der Waals surface area contributed by atoms with Crippen LogP contribution in [-0.2, 0) is 6.42 Å². The van der Waals surface area contributed by atoms with Crippen LogP contribution in [-0.4, -0.2) is 47.1 Å². The van der Waals surface area contributed by atoms with E-state index in [0.717, 1.165) is 59.9 Å². The maximum Gasteiger partial charge on any atom is 0.183 e. The van der Waals surface area contributed by atoms with E-state index >= 15 is 0 Å². The molecule has 8 nitrogen and oxygen atoms in total. The molecule has 0 saturated heterocycles. The minimum absolute atomic E-state index is 0.142. The molecule has 1 aliphatic rings. The van der Waals surface area contributed by atoms with Gasteiger partial charge in [-0.2, -0.15) is 15.0 Å². The highest BCUT2D eigenvalue weighted by Gasteiger charge is 2.20.